The molecule has 3 aliphatic rings. The summed E-state index contributed by atoms with van der Waals surface area (Å²) in [5.74, 6) is 0.970. The molecule has 5 nitrogen and oxygen atoms in total. The molecule has 24 heavy (non-hydrogen) atoms. The van der Waals surface area contributed by atoms with Crippen molar-refractivity contribution in [2.24, 2.45) is 4.99 Å². The van der Waals surface area contributed by atoms with Gasteiger partial charge in [-0.25, -0.2) is 15.4 Å². The first-order valence-corrected chi connectivity index (χ1v) is 9.10. The van der Waals surface area contributed by atoms with Crippen LogP contribution < -0.4 is 5.43 Å². The highest BCUT2D eigenvalue weighted by molar-refractivity contribution is 9.11. The summed E-state index contributed by atoms with van der Waals surface area (Å²) in [5, 5.41) is 2.11. The highest BCUT2D eigenvalue weighted by Gasteiger charge is 2.36. The molecule has 0 aromatic heterocycles. The number of hydrazine groups is 1. The minimum atomic E-state index is 0.116. The minimum Gasteiger partial charge on any atom is -0.381 e. The zero-order valence-corrected chi connectivity index (χ0v) is 15.2. The summed E-state index contributed by atoms with van der Waals surface area (Å²) in [6, 6.07) is 10.6. The number of hydrogen-bond donors (Lipinski definition) is 1. The number of nitrogens with zero attached hydrogens (tertiary/aromatic N) is 3. The van der Waals surface area contributed by atoms with Crippen LogP contribution in [0.5, 0.6) is 0 Å². The van der Waals surface area contributed by atoms with Gasteiger partial charge in [0.05, 0.1) is 17.8 Å². The van der Waals surface area contributed by atoms with Gasteiger partial charge in [0.2, 0.25) is 5.96 Å². The zero-order chi connectivity index (χ0) is 16.5. The minimum absolute atomic E-state index is 0.116. The molecule has 0 amide bonds. The van der Waals surface area contributed by atoms with Gasteiger partial charge in [-0.15, -0.1) is 0 Å². The molecule has 1 N–H and O–H groups in total. The van der Waals surface area contributed by atoms with Crippen molar-refractivity contribution in [1.82, 2.24) is 15.3 Å². The van der Waals surface area contributed by atoms with Crippen molar-refractivity contribution >= 4 is 21.9 Å². The molecule has 4 rings (SSSR count). The molecule has 1 fully saturated rings. The summed E-state index contributed by atoms with van der Waals surface area (Å²) in [7, 11) is 1.80. The molecule has 0 bridgehead atoms. The molecule has 1 saturated heterocycles. The predicted octanol–water partition coefficient (Wildman–Crippen LogP) is 3.15. The maximum absolute atomic E-state index is 5.48. The summed E-state index contributed by atoms with van der Waals surface area (Å²) in [6.45, 7) is 1.93. The number of methoxy groups -OCH3 is 1. The second kappa shape index (κ2) is 6.70. The Morgan fingerprint density at radius 3 is 2.67 bits per heavy atom. The number of hydrogen-bond acceptors (Lipinski definition) is 5. The standard InChI is InChI=1S/C18H21BrN4O/c1-24-14-8-11-22(12-9-14)18-20-10-7-15-16(19)17(21-23(15)18)13-5-3-2-4-6-13/h2-7,10,14,17,21H,8-9,11-12H2,1H3. The SMILES string of the molecule is COC1CCN(C2=NC=CC3=C(Br)C(c4ccccc4)NN23)CC1. The van der Waals surface area contributed by atoms with Gasteiger partial charge in [0.1, 0.15) is 0 Å². The van der Waals surface area contributed by atoms with Crippen LogP contribution in [0.4, 0.5) is 0 Å². The molecule has 3 heterocycles. The van der Waals surface area contributed by atoms with E-state index in [4.69, 9.17) is 4.74 Å². The first-order chi connectivity index (χ1) is 11.8. The molecule has 0 radical (unpaired) electrons. The van der Waals surface area contributed by atoms with E-state index >= 15 is 0 Å². The van der Waals surface area contributed by atoms with E-state index < -0.39 is 0 Å². The second-order valence-electron chi connectivity index (χ2n) is 6.21. The summed E-state index contributed by atoms with van der Waals surface area (Å²) in [4.78, 5) is 6.97. The number of likely N-dealkylation sites (tertiary alicyclic amines) is 1. The fourth-order valence-electron chi connectivity index (χ4n) is 3.44. The molecule has 1 aromatic rings. The van der Waals surface area contributed by atoms with E-state index in [0.29, 0.717) is 6.10 Å². The van der Waals surface area contributed by atoms with Gasteiger partial charge >= 0.3 is 0 Å². The molecule has 0 spiro atoms. The highest BCUT2D eigenvalue weighted by atomic mass is 79.9. The molecule has 3 aliphatic heterocycles. The molecule has 0 saturated carbocycles. The van der Waals surface area contributed by atoms with Gasteiger partial charge in [0, 0.05) is 30.9 Å². The summed E-state index contributed by atoms with van der Waals surface area (Å²) >= 11 is 3.79. The van der Waals surface area contributed by atoms with Crippen LogP contribution in [0.1, 0.15) is 24.4 Å². The van der Waals surface area contributed by atoms with Crippen molar-refractivity contribution in [2.75, 3.05) is 20.2 Å². The average molecular weight is 389 g/mol. The number of guanidine groups is 1. The van der Waals surface area contributed by atoms with Crippen molar-refractivity contribution in [1.29, 1.82) is 0 Å². The predicted molar refractivity (Wildman–Crippen MR) is 98.3 cm³/mol. The van der Waals surface area contributed by atoms with Gasteiger partial charge in [0.15, 0.2) is 0 Å². The summed E-state index contributed by atoms with van der Waals surface area (Å²) in [6.07, 6.45) is 6.38. The van der Waals surface area contributed by atoms with Crippen molar-refractivity contribution in [3.63, 3.8) is 0 Å². The van der Waals surface area contributed by atoms with Crippen LogP contribution in [0.2, 0.25) is 0 Å². The van der Waals surface area contributed by atoms with Gasteiger partial charge < -0.3 is 9.64 Å². The molecule has 0 aliphatic carbocycles. The number of ether oxygens (including phenoxy) is 1. The highest BCUT2D eigenvalue weighted by Crippen LogP contribution is 2.38. The lowest BCUT2D eigenvalue weighted by Crippen LogP contribution is -2.51. The first-order valence-electron chi connectivity index (χ1n) is 8.31. The number of nitrogens with one attached hydrogen (secondary N) is 1. The number of benzene rings is 1. The van der Waals surface area contributed by atoms with Crippen LogP contribution in [0.15, 0.2) is 57.8 Å². The number of fused-ring (bicyclic) bond motifs is 1. The summed E-state index contributed by atoms with van der Waals surface area (Å²) < 4.78 is 6.62. The fourth-order valence-corrected chi connectivity index (χ4v) is 4.12. The Bertz CT molecular complexity index is 692. The molecule has 6 heteroatoms. The third kappa shape index (κ3) is 2.79. The normalized spacial score (nSPS) is 24.4. The number of allylic oxidation sites excluding steroid dienone is 1. The lowest BCUT2D eigenvalue weighted by Gasteiger charge is -2.38. The zero-order valence-electron chi connectivity index (χ0n) is 13.7. The number of halogens is 1. The van der Waals surface area contributed by atoms with E-state index in [1.807, 2.05) is 18.3 Å². The second-order valence-corrected chi connectivity index (χ2v) is 7.06. The van der Waals surface area contributed by atoms with Gasteiger partial charge in [-0.1, -0.05) is 46.3 Å². The third-order valence-corrected chi connectivity index (χ3v) is 5.67. The van der Waals surface area contributed by atoms with E-state index in [-0.39, 0.29) is 6.04 Å². The average Bonchev–Trinajstić information content (AvgIpc) is 2.99. The van der Waals surface area contributed by atoms with Crippen LogP contribution in [-0.2, 0) is 4.74 Å². The largest absolute Gasteiger partial charge is 0.381 e. The van der Waals surface area contributed by atoms with Crippen LogP contribution in [0, 0.1) is 0 Å². The van der Waals surface area contributed by atoms with Gasteiger partial charge in [-0.2, -0.15) is 0 Å². The molecule has 126 valence electrons. The molecule has 1 aromatic carbocycles. The Morgan fingerprint density at radius 2 is 1.96 bits per heavy atom. The Hall–Kier alpha value is -1.63. The smallest absolute Gasteiger partial charge is 0.220 e. The van der Waals surface area contributed by atoms with E-state index in [9.17, 15) is 0 Å². The van der Waals surface area contributed by atoms with Crippen LogP contribution >= 0.6 is 15.9 Å². The quantitative estimate of drug-likeness (QED) is 0.844. The number of rotatable bonds is 2. The molecular weight excluding hydrogens is 368 g/mol. The molecule has 1 unspecified atom stereocenters. The van der Waals surface area contributed by atoms with E-state index in [0.717, 1.165) is 42.1 Å². The van der Waals surface area contributed by atoms with E-state index in [2.05, 4.69) is 60.5 Å². The van der Waals surface area contributed by atoms with Crippen molar-refractivity contribution in [2.45, 2.75) is 25.0 Å². The van der Waals surface area contributed by atoms with Crippen molar-refractivity contribution in [3.05, 3.63) is 58.4 Å². The van der Waals surface area contributed by atoms with Gasteiger partial charge in [-0.05, 0) is 24.5 Å². The first kappa shape index (κ1) is 15.9. The Kier molecular flexibility index (Phi) is 4.43. The number of aliphatic imine (C=N–C) groups is 1. The molecule has 1 atom stereocenters. The Morgan fingerprint density at radius 1 is 1.21 bits per heavy atom. The maximum atomic E-state index is 5.48. The van der Waals surface area contributed by atoms with Crippen LogP contribution in [-0.4, -0.2) is 42.2 Å². The van der Waals surface area contributed by atoms with E-state index in [1.165, 1.54) is 5.56 Å². The van der Waals surface area contributed by atoms with Crippen molar-refractivity contribution < 1.29 is 4.74 Å². The monoisotopic (exact) mass is 388 g/mol. The Labute approximate surface area is 150 Å². The third-order valence-electron chi connectivity index (χ3n) is 4.81. The maximum Gasteiger partial charge on any atom is 0.220 e. The van der Waals surface area contributed by atoms with E-state index in [1.54, 1.807) is 7.11 Å². The lowest BCUT2D eigenvalue weighted by molar-refractivity contribution is 0.0547. The van der Waals surface area contributed by atoms with Crippen LogP contribution in [0.3, 0.4) is 0 Å². The topological polar surface area (TPSA) is 40.1 Å². The Balaban J connectivity index is 1.56. The van der Waals surface area contributed by atoms with Crippen LogP contribution in [0.25, 0.3) is 0 Å². The summed E-state index contributed by atoms with van der Waals surface area (Å²) in [5.41, 5.74) is 5.95. The lowest BCUT2D eigenvalue weighted by atomic mass is 10.1. The van der Waals surface area contributed by atoms with Crippen molar-refractivity contribution in [3.8, 4) is 0 Å². The fraction of sp³-hybridized carbons (Fsp3) is 0.389. The van der Waals surface area contributed by atoms with Gasteiger partial charge in [0.25, 0.3) is 0 Å². The van der Waals surface area contributed by atoms with Gasteiger partial charge in [-0.3, -0.25) is 0 Å². The number of piperidine rings is 1. The molecular formula is C18H21BrN4O.